The topological polar surface area (TPSA) is 78.9 Å². The number of anilines is 1. The summed E-state index contributed by atoms with van der Waals surface area (Å²) in [5.41, 5.74) is -2.79. The maximum Gasteiger partial charge on any atom is 0.573 e. The standard InChI is InChI=1S/C15H14F4N2O4/c16-14-3-4-20-6-8(14)7-21(13(14)24)9-1-2-11(25-15(17,18)19)10(5-9)12(22)23/h1-2,5,8,20H,3-4,6-7H2,(H,22,23)/t8-,14+/m0/s1. The number of rotatable bonds is 3. The van der Waals surface area contributed by atoms with Gasteiger partial charge in [-0.1, -0.05) is 0 Å². The molecule has 1 aromatic rings. The fourth-order valence-corrected chi connectivity index (χ4v) is 3.22. The van der Waals surface area contributed by atoms with Crippen molar-refractivity contribution in [1.29, 1.82) is 0 Å². The number of nitrogens with one attached hydrogen (secondary N) is 1. The van der Waals surface area contributed by atoms with Gasteiger partial charge < -0.3 is 20.1 Å². The molecule has 1 aromatic carbocycles. The molecule has 0 saturated carbocycles. The normalized spacial score (nSPS) is 26.5. The summed E-state index contributed by atoms with van der Waals surface area (Å²) >= 11 is 0. The van der Waals surface area contributed by atoms with E-state index in [1.165, 1.54) is 0 Å². The van der Waals surface area contributed by atoms with Gasteiger partial charge in [-0.2, -0.15) is 0 Å². The molecule has 0 radical (unpaired) electrons. The van der Waals surface area contributed by atoms with E-state index in [0.29, 0.717) is 13.1 Å². The van der Waals surface area contributed by atoms with Gasteiger partial charge >= 0.3 is 12.3 Å². The molecule has 3 rings (SSSR count). The number of benzene rings is 1. The van der Waals surface area contributed by atoms with E-state index >= 15 is 0 Å². The van der Waals surface area contributed by atoms with Crippen LogP contribution in [0.4, 0.5) is 23.2 Å². The zero-order valence-electron chi connectivity index (χ0n) is 12.8. The summed E-state index contributed by atoms with van der Waals surface area (Å²) in [5, 5.41) is 12.1. The Morgan fingerprint density at radius 1 is 1.40 bits per heavy atom. The lowest BCUT2D eigenvalue weighted by Crippen LogP contribution is -2.49. The largest absolute Gasteiger partial charge is 0.573 e. The molecule has 2 aliphatic rings. The Morgan fingerprint density at radius 3 is 2.72 bits per heavy atom. The van der Waals surface area contributed by atoms with Gasteiger partial charge in [-0.05, 0) is 24.7 Å². The Balaban J connectivity index is 1.94. The molecule has 25 heavy (non-hydrogen) atoms. The van der Waals surface area contributed by atoms with Gasteiger partial charge in [0.05, 0.1) is 0 Å². The first-order valence-electron chi connectivity index (χ1n) is 7.46. The fraction of sp³-hybridized carbons (Fsp3) is 0.467. The van der Waals surface area contributed by atoms with Crippen molar-refractivity contribution < 1.29 is 37.0 Å². The second-order valence-corrected chi connectivity index (χ2v) is 5.96. The maximum atomic E-state index is 14.9. The number of hydrogen-bond acceptors (Lipinski definition) is 4. The number of fused-ring (bicyclic) bond motifs is 1. The number of hydrogen-bond donors (Lipinski definition) is 2. The van der Waals surface area contributed by atoms with Crippen LogP contribution in [-0.4, -0.2) is 48.6 Å². The molecule has 0 bridgehead atoms. The zero-order valence-corrected chi connectivity index (χ0v) is 12.8. The minimum atomic E-state index is -5.06. The minimum Gasteiger partial charge on any atom is -0.478 e. The monoisotopic (exact) mass is 362 g/mol. The Morgan fingerprint density at radius 2 is 2.12 bits per heavy atom. The molecular weight excluding hydrogens is 348 g/mol. The molecule has 2 N–H and O–H groups in total. The van der Waals surface area contributed by atoms with Gasteiger partial charge in [0.2, 0.25) is 0 Å². The highest BCUT2D eigenvalue weighted by Crippen LogP contribution is 2.40. The fourth-order valence-electron chi connectivity index (χ4n) is 3.22. The van der Waals surface area contributed by atoms with Gasteiger partial charge in [-0.25, -0.2) is 9.18 Å². The number of nitrogens with zero attached hydrogens (tertiary/aromatic N) is 1. The average Bonchev–Trinajstić information content (AvgIpc) is 2.78. The van der Waals surface area contributed by atoms with Gasteiger partial charge in [0.15, 0.2) is 5.67 Å². The van der Waals surface area contributed by atoms with Crippen LogP contribution in [0.5, 0.6) is 5.75 Å². The molecule has 2 saturated heterocycles. The highest BCUT2D eigenvalue weighted by Gasteiger charge is 2.56. The van der Waals surface area contributed by atoms with Crippen LogP contribution in [0.2, 0.25) is 0 Å². The molecule has 0 aliphatic carbocycles. The lowest BCUT2D eigenvalue weighted by Gasteiger charge is -2.29. The number of carbonyl (C=O) groups is 2. The smallest absolute Gasteiger partial charge is 0.478 e. The molecule has 0 spiro atoms. The van der Waals surface area contributed by atoms with Crippen molar-refractivity contribution in [1.82, 2.24) is 5.32 Å². The van der Waals surface area contributed by atoms with Crippen LogP contribution in [0.3, 0.4) is 0 Å². The Hall–Kier alpha value is -2.36. The van der Waals surface area contributed by atoms with Gasteiger partial charge in [0, 0.05) is 31.1 Å². The number of aromatic carboxylic acids is 1. The average molecular weight is 362 g/mol. The molecule has 136 valence electrons. The molecule has 2 fully saturated rings. The SMILES string of the molecule is O=C(O)c1cc(N2C[C@@H]3CNCC[C@]3(F)C2=O)ccc1OC(F)(F)F. The van der Waals surface area contributed by atoms with Crippen molar-refractivity contribution >= 4 is 17.6 Å². The van der Waals surface area contributed by atoms with Crippen LogP contribution in [0.15, 0.2) is 18.2 Å². The summed E-state index contributed by atoms with van der Waals surface area (Å²) < 4.78 is 55.7. The van der Waals surface area contributed by atoms with Crippen LogP contribution in [0, 0.1) is 5.92 Å². The third-order valence-electron chi connectivity index (χ3n) is 4.44. The van der Waals surface area contributed by atoms with E-state index < -0.39 is 41.1 Å². The number of halogens is 4. The molecule has 0 unspecified atom stereocenters. The van der Waals surface area contributed by atoms with Crippen LogP contribution >= 0.6 is 0 Å². The van der Waals surface area contributed by atoms with E-state index in [-0.39, 0.29) is 18.7 Å². The second-order valence-electron chi connectivity index (χ2n) is 5.96. The summed E-state index contributed by atoms with van der Waals surface area (Å²) in [7, 11) is 0. The minimum absolute atomic E-state index is 0.00590. The summed E-state index contributed by atoms with van der Waals surface area (Å²) in [6, 6.07) is 2.81. The zero-order chi connectivity index (χ0) is 18.4. The number of carboxylic acid groups (broad SMARTS) is 1. The number of carboxylic acids is 1. The molecule has 1 amide bonds. The summed E-state index contributed by atoms with van der Waals surface area (Å²) in [5.74, 6) is -3.96. The highest BCUT2D eigenvalue weighted by atomic mass is 19.4. The predicted octanol–water partition coefficient (Wildman–Crippen LogP) is 1.95. The number of piperidine rings is 1. The van der Waals surface area contributed by atoms with Gasteiger partial charge in [-0.15, -0.1) is 13.2 Å². The van der Waals surface area contributed by atoms with Crippen LogP contribution in [0.1, 0.15) is 16.8 Å². The van der Waals surface area contributed by atoms with Crippen molar-refractivity contribution in [3.05, 3.63) is 23.8 Å². The van der Waals surface area contributed by atoms with E-state index in [2.05, 4.69) is 10.1 Å². The Labute approximate surface area is 139 Å². The van der Waals surface area contributed by atoms with Gasteiger partial charge in [0.25, 0.3) is 5.91 Å². The first kappa shape index (κ1) is 17.5. The number of carbonyl (C=O) groups excluding carboxylic acids is 1. The van der Waals surface area contributed by atoms with Gasteiger partial charge in [-0.3, -0.25) is 4.79 Å². The predicted molar refractivity (Wildman–Crippen MR) is 77.3 cm³/mol. The Bertz CT molecular complexity index is 724. The van der Waals surface area contributed by atoms with E-state index in [1.54, 1.807) is 0 Å². The number of amides is 1. The van der Waals surface area contributed by atoms with Crippen molar-refractivity contribution in [3.8, 4) is 5.75 Å². The molecule has 10 heteroatoms. The third kappa shape index (κ3) is 3.13. The van der Waals surface area contributed by atoms with Crippen molar-refractivity contribution in [2.45, 2.75) is 18.5 Å². The molecule has 2 aliphatic heterocycles. The molecule has 2 atom stereocenters. The van der Waals surface area contributed by atoms with Crippen LogP contribution < -0.4 is 15.0 Å². The molecule has 2 heterocycles. The van der Waals surface area contributed by atoms with E-state index in [4.69, 9.17) is 5.11 Å². The van der Waals surface area contributed by atoms with Crippen LogP contribution in [0.25, 0.3) is 0 Å². The summed E-state index contributed by atoms with van der Waals surface area (Å²) in [6.07, 6.45) is -5.06. The lowest BCUT2D eigenvalue weighted by atomic mass is 9.86. The summed E-state index contributed by atoms with van der Waals surface area (Å²) in [6.45, 7) is 0.645. The molecular formula is C15H14F4N2O4. The first-order valence-corrected chi connectivity index (χ1v) is 7.46. The number of alkyl halides is 4. The van der Waals surface area contributed by atoms with E-state index in [0.717, 1.165) is 23.1 Å². The number of ether oxygens (including phenoxy) is 1. The Kier molecular flexibility index (Phi) is 4.10. The first-order chi connectivity index (χ1) is 11.6. The van der Waals surface area contributed by atoms with Crippen molar-refractivity contribution in [2.75, 3.05) is 24.5 Å². The van der Waals surface area contributed by atoms with Crippen molar-refractivity contribution in [2.24, 2.45) is 5.92 Å². The third-order valence-corrected chi connectivity index (χ3v) is 4.44. The lowest BCUT2D eigenvalue weighted by molar-refractivity contribution is -0.274. The maximum absolute atomic E-state index is 14.9. The second kappa shape index (κ2) is 5.87. The van der Waals surface area contributed by atoms with E-state index in [9.17, 15) is 27.2 Å². The van der Waals surface area contributed by atoms with E-state index in [1.807, 2.05) is 0 Å². The molecule has 6 nitrogen and oxygen atoms in total. The van der Waals surface area contributed by atoms with Gasteiger partial charge in [0.1, 0.15) is 11.3 Å². The molecule has 0 aromatic heterocycles. The quantitative estimate of drug-likeness (QED) is 0.804. The van der Waals surface area contributed by atoms with Crippen molar-refractivity contribution in [3.63, 3.8) is 0 Å². The van der Waals surface area contributed by atoms with Crippen LogP contribution in [-0.2, 0) is 4.79 Å². The summed E-state index contributed by atoms with van der Waals surface area (Å²) in [4.78, 5) is 24.7. The highest BCUT2D eigenvalue weighted by molar-refractivity contribution is 6.03.